The first-order chi connectivity index (χ1) is 11.2. The monoisotopic (exact) mass is 340 g/mol. The van der Waals surface area contributed by atoms with Gasteiger partial charge < -0.3 is 4.74 Å². The van der Waals surface area contributed by atoms with E-state index < -0.39 is 23.3 Å². The lowest BCUT2D eigenvalue weighted by atomic mass is 10.0. The van der Waals surface area contributed by atoms with Gasteiger partial charge in [-0.1, -0.05) is 13.8 Å². The van der Waals surface area contributed by atoms with Crippen LogP contribution in [0.15, 0.2) is 24.3 Å². The third-order valence-electron chi connectivity index (χ3n) is 4.07. The average Bonchev–Trinajstić information content (AvgIpc) is 2.45. The Morgan fingerprint density at radius 2 is 1.38 bits per heavy atom. The Bertz CT molecular complexity index is 707. The maximum Gasteiger partial charge on any atom is 0.432 e. The molecule has 2 aromatic rings. The van der Waals surface area contributed by atoms with Crippen LogP contribution in [0.25, 0.3) is 0 Å². The van der Waals surface area contributed by atoms with Gasteiger partial charge in [-0.15, -0.1) is 0 Å². The van der Waals surface area contributed by atoms with Crippen molar-refractivity contribution in [3.63, 3.8) is 0 Å². The summed E-state index contributed by atoms with van der Waals surface area (Å²) in [5, 5.41) is 0. The molecule has 2 rings (SSSR count). The highest BCUT2D eigenvalue weighted by Gasteiger charge is 2.41. The minimum absolute atomic E-state index is 0.120. The van der Waals surface area contributed by atoms with E-state index in [1.54, 1.807) is 20.8 Å². The lowest BCUT2D eigenvalue weighted by molar-refractivity contribution is -0.189. The van der Waals surface area contributed by atoms with Gasteiger partial charge in [0.2, 0.25) is 0 Å². The van der Waals surface area contributed by atoms with Crippen molar-refractivity contribution in [3.05, 3.63) is 63.7 Å². The minimum atomic E-state index is -4.10. The van der Waals surface area contributed by atoms with Gasteiger partial charge in [0, 0.05) is 0 Å². The number of hydrogen-bond donors (Lipinski definition) is 0. The standard InChI is InChI=1S/C19H20F4O/c1-5-13-9-16(20)18(17(21)10-13)19(22,23)24-14-7-11(3)15(6-2)12(4)8-14/h7-10H,5-6H2,1-4H3. The highest BCUT2D eigenvalue weighted by Crippen LogP contribution is 2.36. The van der Waals surface area contributed by atoms with Crippen molar-refractivity contribution in [3.8, 4) is 5.75 Å². The summed E-state index contributed by atoms with van der Waals surface area (Å²) >= 11 is 0. The smallest absolute Gasteiger partial charge is 0.429 e. The minimum Gasteiger partial charge on any atom is -0.429 e. The van der Waals surface area contributed by atoms with Gasteiger partial charge in [0.25, 0.3) is 0 Å². The van der Waals surface area contributed by atoms with Crippen LogP contribution in [0.4, 0.5) is 17.6 Å². The first-order valence-corrected chi connectivity index (χ1v) is 7.84. The molecule has 0 bridgehead atoms. The van der Waals surface area contributed by atoms with Gasteiger partial charge >= 0.3 is 6.11 Å². The number of rotatable bonds is 5. The molecule has 0 saturated heterocycles. The summed E-state index contributed by atoms with van der Waals surface area (Å²) in [5.41, 5.74) is 1.57. The molecule has 1 nitrogen and oxygen atoms in total. The van der Waals surface area contributed by atoms with Crippen molar-refractivity contribution in [1.29, 1.82) is 0 Å². The van der Waals surface area contributed by atoms with Gasteiger partial charge in [-0.05, 0) is 73.2 Å². The fraction of sp³-hybridized carbons (Fsp3) is 0.368. The van der Waals surface area contributed by atoms with Crippen molar-refractivity contribution in [1.82, 2.24) is 0 Å². The summed E-state index contributed by atoms with van der Waals surface area (Å²) < 4.78 is 61.3. The van der Waals surface area contributed by atoms with Crippen LogP contribution in [0.2, 0.25) is 0 Å². The van der Waals surface area contributed by atoms with E-state index in [1.165, 1.54) is 12.1 Å². The molecule has 0 saturated carbocycles. The van der Waals surface area contributed by atoms with E-state index in [4.69, 9.17) is 0 Å². The molecule has 0 amide bonds. The predicted molar refractivity (Wildman–Crippen MR) is 85.6 cm³/mol. The summed E-state index contributed by atoms with van der Waals surface area (Å²) in [5.74, 6) is -2.74. The van der Waals surface area contributed by atoms with Crippen LogP contribution in [0, 0.1) is 25.5 Å². The molecule has 5 heteroatoms. The molecule has 0 fully saturated rings. The van der Waals surface area contributed by atoms with Gasteiger partial charge in [-0.25, -0.2) is 8.78 Å². The van der Waals surface area contributed by atoms with Crippen molar-refractivity contribution in [2.75, 3.05) is 0 Å². The maximum atomic E-state index is 14.3. The molecule has 0 unspecified atom stereocenters. The van der Waals surface area contributed by atoms with Gasteiger partial charge in [-0.3, -0.25) is 0 Å². The quantitative estimate of drug-likeness (QED) is 0.622. The van der Waals surface area contributed by atoms with E-state index >= 15 is 0 Å². The SMILES string of the molecule is CCc1cc(F)c(C(F)(F)Oc2cc(C)c(CC)c(C)c2)c(F)c1. The van der Waals surface area contributed by atoms with Gasteiger partial charge in [0.05, 0.1) is 0 Å². The number of alkyl halides is 2. The largest absolute Gasteiger partial charge is 0.432 e. The Morgan fingerprint density at radius 1 is 0.875 bits per heavy atom. The number of ether oxygens (including phenoxy) is 1. The second-order valence-corrected chi connectivity index (χ2v) is 5.80. The zero-order valence-electron chi connectivity index (χ0n) is 14.1. The fourth-order valence-electron chi connectivity index (χ4n) is 2.88. The summed E-state index contributed by atoms with van der Waals surface area (Å²) in [6, 6.07) is 4.73. The molecular weight excluding hydrogens is 320 g/mol. The number of halogens is 4. The molecule has 0 aliphatic heterocycles. The van der Waals surface area contributed by atoms with Crippen LogP contribution in [0.5, 0.6) is 5.75 Å². The summed E-state index contributed by atoms with van der Waals surface area (Å²) in [4.78, 5) is 0. The van der Waals surface area contributed by atoms with Gasteiger partial charge in [0.15, 0.2) is 0 Å². The molecule has 24 heavy (non-hydrogen) atoms. The third kappa shape index (κ3) is 3.55. The Kier molecular flexibility index (Phi) is 5.21. The number of benzene rings is 2. The highest BCUT2D eigenvalue weighted by atomic mass is 19.3. The topological polar surface area (TPSA) is 9.23 Å². The number of hydrogen-bond acceptors (Lipinski definition) is 1. The Labute approximate surface area is 139 Å². The van der Waals surface area contributed by atoms with E-state index in [0.29, 0.717) is 12.0 Å². The zero-order chi connectivity index (χ0) is 18.1. The Balaban J connectivity index is 2.42. The van der Waals surface area contributed by atoms with E-state index in [0.717, 1.165) is 35.2 Å². The van der Waals surface area contributed by atoms with Crippen LogP contribution >= 0.6 is 0 Å². The van der Waals surface area contributed by atoms with Crippen LogP contribution in [-0.2, 0) is 19.0 Å². The molecule has 0 spiro atoms. The Hall–Kier alpha value is -2.04. The average molecular weight is 340 g/mol. The second-order valence-electron chi connectivity index (χ2n) is 5.80. The van der Waals surface area contributed by atoms with Crippen LogP contribution in [0.3, 0.4) is 0 Å². The van der Waals surface area contributed by atoms with Crippen molar-refractivity contribution < 1.29 is 22.3 Å². The first kappa shape index (κ1) is 18.3. The van der Waals surface area contributed by atoms with Gasteiger partial charge in [-0.2, -0.15) is 8.78 Å². The van der Waals surface area contributed by atoms with E-state index in [1.807, 2.05) is 6.92 Å². The van der Waals surface area contributed by atoms with Crippen LogP contribution in [-0.4, -0.2) is 0 Å². The third-order valence-corrected chi connectivity index (χ3v) is 4.07. The highest BCUT2D eigenvalue weighted by molar-refractivity contribution is 5.41. The number of aryl methyl sites for hydroxylation is 3. The molecule has 0 radical (unpaired) electrons. The van der Waals surface area contributed by atoms with Crippen LogP contribution in [0.1, 0.15) is 41.7 Å². The molecule has 0 heterocycles. The fourth-order valence-corrected chi connectivity index (χ4v) is 2.88. The summed E-state index contributed by atoms with van der Waals surface area (Å²) in [6.45, 7) is 7.22. The lowest BCUT2D eigenvalue weighted by Gasteiger charge is -2.21. The predicted octanol–water partition coefficient (Wildman–Crippen LogP) is 5.83. The van der Waals surface area contributed by atoms with Crippen molar-refractivity contribution >= 4 is 0 Å². The van der Waals surface area contributed by atoms with E-state index in [-0.39, 0.29) is 5.75 Å². The van der Waals surface area contributed by atoms with E-state index in [2.05, 4.69) is 4.74 Å². The molecule has 130 valence electrons. The zero-order valence-corrected chi connectivity index (χ0v) is 14.1. The molecule has 0 N–H and O–H groups in total. The summed E-state index contributed by atoms with van der Waals surface area (Å²) in [7, 11) is 0. The Morgan fingerprint density at radius 3 is 1.79 bits per heavy atom. The van der Waals surface area contributed by atoms with Gasteiger partial charge in [0.1, 0.15) is 22.9 Å². The first-order valence-electron chi connectivity index (χ1n) is 7.84. The molecule has 0 aliphatic rings. The molecular formula is C19H20F4O. The maximum absolute atomic E-state index is 14.3. The molecule has 0 atom stereocenters. The lowest BCUT2D eigenvalue weighted by Crippen LogP contribution is -2.25. The van der Waals surface area contributed by atoms with Crippen LogP contribution < -0.4 is 4.74 Å². The normalized spacial score (nSPS) is 11.7. The molecule has 2 aromatic carbocycles. The molecule has 0 aromatic heterocycles. The summed E-state index contributed by atoms with van der Waals surface area (Å²) in [6.07, 6.45) is -3.00. The van der Waals surface area contributed by atoms with Crippen molar-refractivity contribution in [2.24, 2.45) is 0 Å². The van der Waals surface area contributed by atoms with E-state index in [9.17, 15) is 17.6 Å². The molecule has 0 aliphatic carbocycles. The second kappa shape index (κ2) is 6.83. The van der Waals surface area contributed by atoms with Crippen molar-refractivity contribution in [2.45, 2.75) is 46.6 Å².